The summed E-state index contributed by atoms with van der Waals surface area (Å²) in [6.07, 6.45) is 0. The molecular formula is C23H24N2O5S. The molecule has 0 atom stereocenters. The van der Waals surface area contributed by atoms with Gasteiger partial charge in [0.15, 0.2) is 0 Å². The molecule has 0 saturated carbocycles. The lowest BCUT2D eigenvalue weighted by Crippen LogP contribution is -2.20. The van der Waals surface area contributed by atoms with Gasteiger partial charge in [-0.3, -0.25) is 9.52 Å². The third-order valence-electron chi connectivity index (χ3n) is 4.50. The summed E-state index contributed by atoms with van der Waals surface area (Å²) in [5.74, 6) is 0.566. The maximum atomic E-state index is 13.2. The molecule has 0 spiro atoms. The number of para-hydroxylation sites is 1. The Hall–Kier alpha value is -3.52. The molecule has 2 N–H and O–H groups in total. The van der Waals surface area contributed by atoms with Gasteiger partial charge < -0.3 is 14.8 Å². The molecular weight excluding hydrogens is 416 g/mol. The number of amides is 1. The summed E-state index contributed by atoms with van der Waals surface area (Å²) in [5, 5.41) is 2.70. The third-order valence-corrected chi connectivity index (χ3v) is 6.08. The van der Waals surface area contributed by atoms with E-state index >= 15 is 0 Å². The van der Waals surface area contributed by atoms with Crippen molar-refractivity contribution in [1.29, 1.82) is 0 Å². The standard InChI is InChI=1S/C23H24N2O5S/c1-4-30-18-14-12-17(13-15-18)25-31(27,28)22-16(2)8-7-10-20(22)24-23(26)19-9-5-6-11-21(19)29-3/h5-15,25H,4H2,1-3H3,(H,24,26). The molecule has 0 fully saturated rings. The van der Waals surface area contributed by atoms with Crippen molar-refractivity contribution in [1.82, 2.24) is 0 Å². The number of carbonyl (C=O) groups is 1. The van der Waals surface area contributed by atoms with Gasteiger partial charge in [0, 0.05) is 5.69 Å². The van der Waals surface area contributed by atoms with Crippen LogP contribution in [0.2, 0.25) is 0 Å². The van der Waals surface area contributed by atoms with E-state index in [9.17, 15) is 13.2 Å². The van der Waals surface area contributed by atoms with Gasteiger partial charge in [-0.25, -0.2) is 8.42 Å². The predicted molar refractivity (Wildman–Crippen MR) is 121 cm³/mol. The van der Waals surface area contributed by atoms with E-state index in [2.05, 4.69) is 10.0 Å². The van der Waals surface area contributed by atoms with Crippen LogP contribution in [0.4, 0.5) is 11.4 Å². The van der Waals surface area contributed by atoms with E-state index < -0.39 is 15.9 Å². The van der Waals surface area contributed by atoms with E-state index in [-0.39, 0.29) is 10.6 Å². The number of hydrogen-bond acceptors (Lipinski definition) is 5. The zero-order valence-corrected chi connectivity index (χ0v) is 18.3. The SMILES string of the molecule is CCOc1ccc(NS(=O)(=O)c2c(C)cccc2NC(=O)c2ccccc2OC)cc1. The first-order valence-electron chi connectivity index (χ1n) is 9.65. The van der Waals surface area contributed by atoms with Crippen LogP contribution in [0.1, 0.15) is 22.8 Å². The first-order valence-corrected chi connectivity index (χ1v) is 11.1. The van der Waals surface area contributed by atoms with Crippen LogP contribution in [0.25, 0.3) is 0 Å². The molecule has 0 bridgehead atoms. The summed E-state index contributed by atoms with van der Waals surface area (Å²) < 4.78 is 39.5. The van der Waals surface area contributed by atoms with Crippen LogP contribution in [0, 0.1) is 6.92 Å². The molecule has 0 heterocycles. The highest BCUT2D eigenvalue weighted by atomic mass is 32.2. The summed E-state index contributed by atoms with van der Waals surface area (Å²) in [6, 6.07) is 18.2. The van der Waals surface area contributed by atoms with Gasteiger partial charge in [0.2, 0.25) is 0 Å². The number of aryl methyl sites for hydroxylation is 1. The Morgan fingerprint density at radius 1 is 0.968 bits per heavy atom. The number of sulfonamides is 1. The molecule has 0 unspecified atom stereocenters. The van der Waals surface area contributed by atoms with Crippen molar-refractivity contribution in [3.8, 4) is 11.5 Å². The summed E-state index contributed by atoms with van der Waals surface area (Å²) in [6.45, 7) is 4.06. The molecule has 3 rings (SSSR count). The van der Waals surface area contributed by atoms with E-state index in [0.29, 0.717) is 34.9 Å². The van der Waals surface area contributed by atoms with E-state index in [1.54, 1.807) is 73.7 Å². The Balaban J connectivity index is 1.91. The van der Waals surface area contributed by atoms with E-state index in [1.807, 2.05) is 6.92 Å². The maximum absolute atomic E-state index is 13.2. The fraction of sp³-hybridized carbons (Fsp3) is 0.174. The molecule has 0 radical (unpaired) electrons. The quantitative estimate of drug-likeness (QED) is 0.540. The van der Waals surface area contributed by atoms with Crippen LogP contribution in [0.5, 0.6) is 11.5 Å². The number of nitrogens with one attached hydrogen (secondary N) is 2. The van der Waals surface area contributed by atoms with Gasteiger partial charge in [-0.05, 0) is 61.9 Å². The Labute approximate surface area is 182 Å². The monoisotopic (exact) mass is 440 g/mol. The van der Waals surface area contributed by atoms with Gasteiger partial charge in [-0.1, -0.05) is 24.3 Å². The van der Waals surface area contributed by atoms with Crippen molar-refractivity contribution in [2.45, 2.75) is 18.7 Å². The second-order valence-corrected chi connectivity index (χ2v) is 8.29. The van der Waals surface area contributed by atoms with Crippen molar-refractivity contribution in [3.63, 3.8) is 0 Å². The summed E-state index contributed by atoms with van der Waals surface area (Å²) >= 11 is 0. The molecule has 3 aromatic carbocycles. The maximum Gasteiger partial charge on any atom is 0.264 e. The second-order valence-electron chi connectivity index (χ2n) is 6.67. The average Bonchev–Trinajstić information content (AvgIpc) is 2.75. The highest BCUT2D eigenvalue weighted by molar-refractivity contribution is 7.93. The van der Waals surface area contributed by atoms with Gasteiger partial charge in [0.1, 0.15) is 16.4 Å². The minimum atomic E-state index is -3.98. The Kier molecular flexibility index (Phi) is 6.81. The lowest BCUT2D eigenvalue weighted by atomic mass is 10.1. The Morgan fingerprint density at radius 2 is 1.68 bits per heavy atom. The number of benzene rings is 3. The first-order chi connectivity index (χ1) is 14.9. The molecule has 0 aliphatic rings. The van der Waals surface area contributed by atoms with Gasteiger partial charge >= 0.3 is 0 Å². The molecule has 0 aliphatic heterocycles. The van der Waals surface area contributed by atoms with Crippen molar-refractivity contribution in [2.24, 2.45) is 0 Å². The van der Waals surface area contributed by atoms with Crippen LogP contribution in [0.3, 0.4) is 0 Å². The number of methoxy groups -OCH3 is 1. The van der Waals surface area contributed by atoms with Crippen LogP contribution in [0.15, 0.2) is 71.6 Å². The van der Waals surface area contributed by atoms with Gasteiger partial charge in [0.05, 0.1) is 25.0 Å². The van der Waals surface area contributed by atoms with Gasteiger partial charge in [-0.2, -0.15) is 0 Å². The topological polar surface area (TPSA) is 93.7 Å². The van der Waals surface area contributed by atoms with Gasteiger partial charge in [-0.15, -0.1) is 0 Å². The highest BCUT2D eigenvalue weighted by Crippen LogP contribution is 2.29. The van der Waals surface area contributed by atoms with E-state index in [0.717, 1.165) is 0 Å². The smallest absolute Gasteiger partial charge is 0.264 e. The number of ether oxygens (including phenoxy) is 2. The number of hydrogen-bond donors (Lipinski definition) is 2. The summed E-state index contributed by atoms with van der Waals surface area (Å²) in [7, 11) is -2.51. The Morgan fingerprint density at radius 3 is 2.35 bits per heavy atom. The fourth-order valence-electron chi connectivity index (χ4n) is 3.12. The zero-order chi connectivity index (χ0) is 22.4. The van der Waals surface area contributed by atoms with Crippen molar-refractivity contribution >= 4 is 27.3 Å². The number of carbonyl (C=O) groups excluding carboxylic acids is 1. The van der Waals surface area contributed by atoms with Crippen LogP contribution in [-0.4, -0.2) is 28.0 Å². The molecule has 0 aliphatic carbocycles. The molecule has 8 heteroatoms. The lowest BCUT2D eigenvalue weighted by molar-refractivity contribution is 0.102. The zero-order valence-electron chi connectivity index (χ0n) is 17.5. The number of anilines is 2. The summed E-state index contributed by atoms with van der Waals surface area (Å²) in [4.78, 5) is 12.8. The van der Waals surface area contributed by atoms with Gasteiger partial charge in [0.25, 0.3) is 15.9 Å². The van der Waals surface area contributed by atoms with Crippen molar-refractivity contribution < 1.29 is 22.7 Å². The van der Waals surface area contributed by atoms with Crippen molar-refractivity contribution in [3.05, 3.63) is 77.9 Å². The minimum Gasteiger partial charge on any atom is -0.496 e. The van der Waals surface area contributed by atoms with Crippen LogP contribution >= 0.6 is 0 Å². The second kappa shape index (κ2) is 9.53. The highest BCUT2D eigenvalue weighted by Gasteiger charge is 2.23. The van der Waals surface area contributed by atoms with Crippen LogP contribution in [-0.2, 0) is 10.0 Å². The van der Waals surface area contributed by atoms with Crippen molar-refractivity contribution in [2.75, 3.05) is 23.8 Å². The Bertz CT molecular complexity index is 1170. The molecule has 3 aromatic rings. The number of rotatable bonds is 8. The van der Waals surface area contributed by atoms with Crippen LogP contribution < -0.4 is 19.5 Å². The molecule has 162 valence electrons. The predicted octanol–water partition coefficient (Wildman–Crippen LogP) is 4.46. The molecule has 0 aromatic heterocycles. The first kappa shape index (κ1) is 22.2. The third kappa shape index (κ3) is 5.16. The molecule has 7 nitrogen and oxygen atoms in total. The summed E-state index contributed by atoms with van der Waals surface area (Å²) in [5.41, 5.74) is 1.36. The fourth-order valence-corrected chi connectivity index (χ4v) is 4.57. The van der Waals surface area contributed by atoms with E-state index in [1.165, 1.54) is 7.11 Å². The molecule has 0 saturated heterocycles. The largest absolute Gasteiger partial charge is 0.496 e. The normalized spacial score (nSPS) is 10.9. The molecule has 31 heavy (non-hydrogen) atoms. The average molecular weight is 441 g/mol. The minimum absolute atomic E-state index is 0.00728. The lowest BCUT2D eigenvalue weighted by Gasteiger charge is -2.16. The van der Waals surface area contributed by atoms with E-state index in [4.69, 9.17) is 9.47 Å². The molecule has 1 amide bonds.